The van der Waals surface area contributed by atoms with Gasteiger partial charge in [-0.15, -0.1) is 0 Å². The molecule has 4 nitrogen and oxygen atoms in total. The fourth-order valence-corrected chi connectivity index (χ4v) is 2.55. The molecule has 1 aromatic carbocycles. The Morgan fingerprint density at radius 3 is 2.75 bits per heavy atom. The van der Waals surface area contributed by atoms with Crippen molar-refractivity contribution in [1.29, 1.82) is 0 Å². The minimum absolute atomic E-state index is 0.597. The van der Waals surface area contributed by atoms with Crippen LogP contribution in [0.5, 0.6) is 11.5 Å². The number of nitrogens with one attached hydrogen (secondary N) is 1. The average molecular weight is 278 g/mol. The van der Waals surface area contributed by atoms with Gasteiger partial charge in [-0.05, 0) is 57.1 Å². The first-order chi connectivity index (χ1) is 9.78. The van der Waals surface area contributed by atoms with E-state index < -0.39 is 0 Å². The zero-order chi connectivity index (χ0) is 14.2. The van der Waals surface area contributed by atoms with Crippen LogP contribution < -0.4 is 14.8 Å². The Balaban J connectivity index is 1.65. The highest BCUT2D eigenvalue weighted by Gasteiger charge is 2.13. The van der Waals surface area contributed by atoms with Crippen LogP contribution >= 0.6 is 0 Å². The summed E-state index contributed by atoms with van der Waals surface area (Å²) in [5.74, 6) is 1.78. The maximum Gasteiger partial charge on any atom is 0.119 e. The first kappa shape index (κ1) is 15.1. The number of hydrogen-bond donors (Lipinski definition) is 1. The topological polar surface area (TPSA) is 33.7 Å². The van der Waals surface area contributed by atoms with Crippen LogP contribution in [0.3, 0.4) is 0 Å². The van der Waals surface area contributed by atoms with Crippen molar-refractivity contribution in [2.24, 2.45) is 0 Å². The van der Waals surface area contributed by atoms with Gasteiger partial charge in [0.2, 0.25) is 0 Å². The van der Waals surface area contributed by atoms with E-state index >= 15 is 0 Å². The van der Waals surface area contributed by atoms with Crippen molar-refractivity contribution in [2.45, 2.75) is 25.8 Å². The monoisotopic (exact) mass is 278 g/mol. The van der Waals surface area contributed by atoms with Crippen molar-refractivity contribution in [1.82, 2.24) is 10.2 Å². The molecule has 0 amide bonds. The van der Waals surface area contributed by atoms with Gasteiger partial charge in [0.05, 0.1) is 13.7 Å². The number of hydrogen-bond acceptors (Lipinski definition) is 4. The normalized spacial score (nSPS) is 20.4. The Morgan fingerprint density at radius 2 is 2.00 bits per heavy atom. The molecule has 0 saturated carbocycles. The minimum Gasteiger partial charge on any atom is -0.497 e. The molecule has 1 heterocycles. The Labute approximate surface area is 122 Å². The summed E-state index contributed by atoms with van der Waals surface area (Å²) < 4.78 is 10.9. The Morgan fingerprint density at radius 1 is 1.25 bits per heavy atom. The first-order valence-corrected chi connectivity index (χ1v) is 7.50. The zero-order valence-electron chi connectivity index (χ0n) is 12.6. The standard InChI is InChI=1S/C16H26N2O2/c1-14-13-18(10-3-9-17-14)11-4-12-20-16-7-5-15(19-2)6-8-16/h5-8,14,17H,3-4,9-13H2,1-2H3. The number of methoxy groups -OCH3 is 1. The van der Waals surface area contributed by atoms with E-state index in [-0.39, 0.29) is 0 Å². The first-order valence-electron chi connectivity index (χ1n) is 7.50. The minimum atomic E-state index is 0.597. The Bertz CT molecular complexity index is 381. The van der Waals surface area contributed by atoms with Crippen LogP contribution in [0, 0.1) is 0 Å². The summed E-state index contributed by atoms with van der Waals surface area (Å²) >= 11 is 0. The van der Waals surface area contributed by atoms with Crippen LogP contribution in [0.25, 0.3) is 0 Å². The lowest BCUT2D eigenvalue weighted by Gasteiger charge is -2.22. The van der Waals surface area contributed by atoms with E-state index in [9.17, 15) is 0 Å². The summed E-state index contributed by atoms with van der Waals surface area (Å²) in [6.07, 6.45) is 2.31. The summed E-state index contributed by atoms with van der Waals surface area (Å²) in [5.41, 5.74) is 0. The number of rotatable bonds is 6. The van der Waals surface area contributed by atoms with E-state index in [0.717, 1.165) is 44.2 Å². The maximum atomic E-state index is 5.76. The molecule has 1 unspecified atom stereocenters. The summed E-state index contributed by atoms with van der Waals surface area (Å²) in [4.78, 5) is 2.53. The lowest BCUT2D eigenvalue weighted by molar-refractivity contribution is 0.233. The van der Waals surface area contributed by atoms with Crippen LogP contribution in [-0.2, 0) is 0 Å². The molecule has 1 aromatic rings. The lowest BCUT2D eigenvalue weighted by Crippen LogP contribution is -2.36. The van der Waals surface area contributed by atoms with Gasteiger partial charge in [0.15, 0.2) is 0 Å². The van der Waals surface area contributed by atoms with Crippen molar-refractivity contribution in [3.8, 4) is 11.5 Å². The maximum absolute atomic E-state index is 5.76. The number of nitrogens with zero attached hydrogens (tertiary/aromatic N) is 1. The summed E-state index contributed by atoms with van der Waals surface area (Å²) in [6, 6.07) is 8.36. The molecule has 112 valence electrons. The van der Waals surface area contributed by atoms with E-state index in [0.29, 0.717) is 6.04 Å². The van der Waals surface area contributed by atoms with Gasteiger partial charge in [-0.25, -0.2) is 0 Å². The molecule has 1 saturated heterocycles. The highest BCUT2D eigenvalue weighted by Crippen LogP contribution is 2.17. The molecule has 1 atom stereocenters. The second-order valence-electron chi connectivity index (χ2n) is 5.39. The van der Waals surface area contributed by atoms with Gasteiger partial charge >= 0.3 is 0 Å². The van der Waals surface area contributed by atoms with Crippen molar-refractivity contribution in [3.63, 3.8) is 0 Å². The molecular weight excluding hydrogens is 252 g/mol. The predicted molar refractivity (Wildman–Crippen MR) is 81.6 cm³/mol. The van der Waals surface area contributed by atoms with Crippen molar-refractivity contribution in [2.75, 3.05) is 39.9 Å². The molecule has 0 radical (unpaired) electrons. The molecule has 1 aliphatic rings. The summed E-state index contributed by atoms with van der Waals surface area (Å²) in [6.45, 7) is 7.61. The van der Waals surface area contributed by atoms with Crippen LogP contribution in [0.4, 0.5) is 0 Å². The second kappa shape index (κ2) is 8.12. The smallest absolute Gasteiger partial charge is 0.119 e. The summed E-state index contributed by atoms with van der Waals surface area (Å²) in [7, 11) is 1.67. The van der Waals surface area contributed by atoms with E-state index in [1.807, 2.05) is 24.3 Å². The fourth-order valence-electron chi connectivity index (χ4n) is 2.55. The lowest BCUT2D eigenvalue weighted by atomic mass is 10.3. The average Bonchev–Trinajstić information content (AvgIpc) is 2.68. The van der Waals surface area contributed by atoms with E-state index in [4.69, 9.17) is 9.47 Å². The van der Waals surface area contributed by atoms with Crippen LogP contribution in [-0.4, -0.2) is 50.8 Å². The predicted octanol–water partition coefficient (Wildman–Crippen LogP) is 2.15. The van der Waals surface area contributed by atoms with Crippen LogP contribution in [0.15, 0.2) is 24.3 Å². The number of ether oxygens (including phenoxy) is 2. The quantitative estimate of drug-likeness (QED) is 0.809. The molecule has 0 aromatic heterocycles. The molecule has 1 aliphatic heterocycles. The van der Waals surface area contributed by atoms with Crippen molar-refractivity contribution in [3.05, 3.63) is 24.3 Å². The van der Waals surface area contributed by atoms with Gasteiger partial charge < -0.3 is 19.7 Å². The molecule has 1 N–H and O–H groups in total. The van der Waals surface area contributed by atoms with Crippen molar-refractivity contribution >= 4 is 0 Å². The van der Waals surface area contributed by atoms with E-state index in [1.165, 1.54) is 13.0 Å². The second-order valence-corrected chi connectivity index (χ2v) is 5.39. The molecule has 4 heteroatoms. The molecule has 20 heavy (non-hydrogen) atoms. The largest absolute Gasteiger partial charge is 0.497 e. The van der Waals surface area contributed by atoms with E-state index in [2.05, 4.69) is 17.1 Å². The van der Waals surface area contributed by atoms with Gasteiger partial charge in [-0.3, -0.25) is 0 Å². The van der Waals surface area contributed by atoms with Crippen molar-refractivity contribution < 1.29 is 9.47 Å². The van der Waals surface area contributed by atoms with Gasteiger partial charge in [-0.2, -0.15) is 0 Å². The molecule has 0 spiro atoms. The highest BCUT2D eigenvalue weighted by atomic mass is 16.5. The molecule has 0 bridgehead atoms. The Hall–Kier alpha value is -1.26. The number of benzene rings is 1. The van der Waals surface area contributed by atoms with E-state index in [1.54, 1.807) is 7.11 Å². The van der Waals surface area contributed by atoms with Crippen LogP contribution in [0.1, 0.15) is 19.8 Å². The van der Waals surface area contributed by atoms with Gasteiger partial charge in [0, 0.05) is 19.1 Å². The Kier molecular flexibility index (Phi) is 6.15. The van der Waals surface area contributed by atoms with Gasteiger partial charge in [0.25, 0.3) is 0 Å². The zero-order valence-corrected chi connectivity index (χ0v) is 12.6. The fraction of sp³-hybridized carbons (Fsp3) is 0.625. The molecule has 2 rings (SSSR count). The third-order valence-corrected chi connectivity index (χ3v) is 3.62. The third-order valence-electron chi connectivity index (χ3n) is 3.62. The molecule has 1 fully saturated rings. The van der Waals surface area contributed by atoms with Gasteiger partial charge in [0.1, 0.15) is 11.5 Å². The van der Waals surface area contributed by atoms with Crippen LogP contribution in [0.2, 0.25) is 0 Å². The molecular formula is C16H26N2O2. The molecule has 0 aliphatic carbocycles. The van der Waals surface area contributed by atoms with Gasteiger partial charge in [-0.1, -0.05) is 0 Å². The SMILES string of the molecule is COc1ccc(OCCCN2CCCNC(C)C2)cc1. The highest BCUT2D eigenvalue weighted by molar-refractivity contribution is 5.31. The third kappa shape index (κ3) is 5.02. The summed E-state index contributed by atoms with van der Waals surface area (Å²) in [5, 5.41) is 3.52.